The number of halogens is 3. The van der Waals surface area contributed by atoms with Gasteiger partial charge in [-0.15, -0.1) is 11.3 Å². The van der Waals surface area contributed by atoms with E-state index in [9.17, 15) is 18.0 Å². The molecule has 4 rings (SSSR count). The quantitative estimate of drug-likeness (QED) is 0.138. The molecule has 8 nitrogen and oxygen atoms in total. The lowest BCUT2D eigenvalue weighted by atomic mass is 10.1. The lowest BCUT2D eigenvalue weighted by Gasteiger charge is -2.26. The first kappa shape index (κ1) is 30.6. The van der Waals surface area contributed by atoms with Crippen LogP contribution in [0.4, 0.5) is 13.2 Å². The summed E-state index contributed by atoms with van der Waals surface area (Å²) in [5.74, 6) is 0.149. The van der Waals surface area contributed by atoms with Crippen molar-refractivity contribution >= 4 is 23.0 Å². The molecular formula is C29H33F3N4O4S. The summed E-state index contributed by atoms with van der Waals surface area (Å²) in [4.78, 5) is 23.8. The second-order valence-electron chi connectivity index (χ2n) is 9.62. The zero-order valence-corrected chi connectivity index (χ0v) is 24.0. The number of carbonyl (C=O) groups excluding carboxylic acids is 1. The van der Waals surface area contributed by atoms with E-state index in [1.165, 1.54) is 30.4 Å². The van der Waals surface area contributed by atoms with Gasteiger partial charge in [0.15, 0.2) is 0 Å². The summed E-state index contributed by atoms with van der Waals surface area (Å²) in [7, 11) is 0. The Morgan fingerprint density at radius 2 is 1.88 bits per heavy atom. The fraction of sp³-hybridized carbons (Fsp3) is 0.414. The van der Waals surface area contributed by atoms with Crippen molar-refractivity contribution in [3.8, 4) is 16.3 Å². The SMILES string of the molecule is CC(=O)O/N=C(\C)c1ccc(OCc2sc(-c3ccc(C(F)(F)F)cc3)nc2CNCCN2CCOCC2)cc1C. The molecule has 0 radical (unpaired) electrons. The van der Waals surface area contributed by atoms with Crippen molar-refractivity contribution in [2.24, 2.45) is 5.16 Å². The van der Waals surface area contributed by atoms with Crippen LogP contribution in [0.1, 0.15) is 41.1 Å². The van der Waals surface area contributed by atoms with Gasteiger partial charge < -0.3 is 19.6 Å². The van der Waals surface area contributed by atoms with Crippen molar-refractivity contribution in [2.45, 2.75) is 40.1 Å². The van der Waals surface area contributed by atoms with Crippen LogP contribution in [0.25, 0.3) is 10.6 Å². The van der Waals surface area contributed by atoms with Gasteiger partial charge in [0.05, 0.1) is 35.1 Å². The molecule has 0 atom stereocenters. The van der Waals surface area contributed by atoms with Gasteiger partial charge in [-0.2, -0.15) is 13.2 Å². The van der Waals surface area contributed by atoms with E-state index in [-0.39, 0.29) is 6.61 Å². The van der Waals surface area contributed by atoms with Gasteiger partial charge in [0.1, 0.15) is 17.4 Å². The van der Waals surface area contributed by atoms with Gasteiger partial charge in [0.2, 0.25) is 0 Å². The van der Waals surface area contributed by atoms with Crippen LogP contribution < -0.4 is 10.1 Å². The lowest BCUT2D eigenvalue weighted by molar-refractivity contribution is -0.141. The first-order chi connectivity index (χ1) is 19.6. The second-order valence-corrected chi connectivity index (χ2v) is 10.7. The molecule has 220 valence electrons. The fourth-order valence-electron chi connectivity index (χ4n) is 4.29. The summed E-state index contributed by atoms with van der Waals surface area (Å²) in [5, 5.41) is 7.92. The highest BCUT2D eigenvalue weighted by atomic mass is 32.1. The topological polar surface area (TPSA) is 85.3 Å². The zero-order valence-electron chi connectivity index (χ0n) is 23.2. The Labute approximate surface area is 241 Å². The summed E-state index contributed by atoms with van der Waals surface area (Å²) < 4.78 is 50.7. The van der Waals surface area contributed by atoms with Gasteiger partial charge in [-0.1, -0.05) is 17.3 Å². The smallest absolute Gasteiger partial charge is 0.416 e. The predicted molar refractivity (Wildman–Crippen MR) is 151 cm³/mol. The highest BCUT2D eigenvalue weighted by Crippen LogP contribution is 2.33. The van der Waals surface area contributed by atoms with Gasteiger partial charge in [-0.05, 0) is 49.7 Å². The number of aromatic nitrogens is 1. The normalized spacial score (nSPS) is 14.7. The van der Waals surface area contributed by atoms with Crippen LogP contribution in [-0.4, -0.2) is 61.0 Å². The number of nitrogens with zero attached hydrogens (tertiary/aromatic N) is 3. The Morgan fingerprint density at radius 3 is 2.54 bits per heavy atom. The van der Waals surface area contributed by atoms with Crippen molar-refractivity contribution in [3.63, 3.8) is 0 Å². The number of nitrogens with one attached hydrogen (secondary N) is 1. The van der Waals surface area contributed by atoms with E-state index >= 15 is 0 Å². The highest BCUT2D eigenvalue weighted by Gasteiger charge is 2.30. The van der Waals surface area contributed by atoms with Crippen LogP contribution in [0.2, 0.25) is 0 Å². The van der Waals surface area contributed by atoms with E-state index in [0.717, 1.165) is 73.2 Å². The third-order valence-electron chi connectivity index (χ3n) is 6.51. The maximum Gasteiger partial charge on any atom is 0.416 e. The second kappa shape index (κ2) is 14.0. The van der Waals surface area contributed by atoms with Gasteiger partial charge >= 0.3 is 12.1 Å². The number of rotatable bonds is 11. The Kier molecular flexibility index (Phi) is 10.5. The van der Waals surface area contributed by atoms with E-state index in [1.54, 1.807) is 6.92 Å². The minimum Gasteiger partial charge on any atom is -0.488 e. The third-order valence-corrected chi connectivity index (χ3v) is 7.63. The molecule has 2 aromatic carbocycles. The Morgan fingerprint density at radius 1 is 1.15 bits per heavy atom. The van der Waals surface area contributed by atoms with E-state index in [0.29, 0.717) is 28.6 Å². The standard InChI is InChI=1S/C29H33F3N4O4S/c1-19-16-24(8-9-25(19)20(2)35-40-21(3)37)39-18-27-26(17-33-10-11-36-12-14-38-15-13-36)34-28(41-27)22-4-6-23(7-5-22)29(30,31)32/h4-9,16,33H,10-15,17-18H2,1-3H3/b35-20+. The molecule has 1 aliphatic heterocycles. The van der Waals surface area contributed by atoms with Crippen LogP contribution in [0.5, 0.6) is 5.75 Å². The monoisotopic (exact) mass is 590 g/mol. The maximum atomic E-state index is 13.1. The molecule has 0 spiro atoms. The number of hydrogen-bond acceptors (Lipinski definition) is 9. The lowest BCUT2D eigenvalue weighted by Crippen LogP contribution is -2.40. The predicted octanol–water partition coefficient (Wildman–Crippen LogP) is 5.43. The number of thiazole rings is 1. The third kappa shape index (κ3) is 8.83. The average Bonchev–Trinajstić information content (AvgIpc) is 3.36. The van der Waals surface area contributed by atoms with E-state index in [1.807, 2.05) is 25.1 Å². The Balaban J connectivity index is 1.47. The van der Waals surface area contributed by atoms with Gasteiger partial charge in [0, 0.05) is 50.8 Å². The van der Waals surface area contributed by atoms with Crippen LogP contribution in [0, 0.1) is 6.92 Å². The minimum absolute atomic E-state index is 0.248. The molecule has 0 bridgehead atoms. The molecule has 0 aliphatic carbocycles. The summed E-state index contributed by atoms with van der Waals surface area (Å²) in [6.07, 6.45) is -4.39. The minimum atomic E-state index is -4.39. The Hall–Kier alpha value is -3.32. The zero-order chi connectivity index (χ0) is 29.4. The van der Waals surface area contributed by atoms with Crippen molar-refractivity contribution in [2.75, 3.05) is 39.4 Å². The molecule has 1 fully saturated rings. The van der Waals surface area contributed by atoms with Crippen LogP contribution in [-0.2, 0) is 33.7 Å². The van der Waals surface area contributed by atoms with Gasteiger partial charge in [0.25, 0.3) is 0 Å². The number of morpholine rings is 1. The van der Waals surface area contributed by atoms with Crippen molar-refractivity contribution < 1.29 is 32.3 Å². The molecule has 2 heterocycles. The number of oxime groups is 1. The molecule has 1 saturated heterocycles. The molecule has 12 heteroatoms. The van der Waals surface area contributed by atoms with Gasteiger partial charge in [-0.3, -0.25) is 4.90 Å². The van der Waals surface area contributed by atoms with Crippen LogP contribution in [0.15, 0.2) is 47.6 Å². The van der Waals surface area contributed by atoms with Crippen LogP contribution in [0.3, 0.4) is 0 Å². The molecule has 1 aliphatic rings. The largest absolute Gasteiger partial charge is 0.488 e. The average molecular weight is 591 g/mol. The Bertz CT molecular complexity index is 1350. The van der Waals surface area contributed by atoms with E-state index in [4.69, 9.17) is 19.3 Å². The molecular weight excluding hydrogens is 557 g/mol. The first-order valence-electron chi connectivity index (χ1n) is 13.2. The molecule has 1 N–H and O–H groups in total. The number of carbonyl (C=O) groups is 1. The molecule has 1 aromatic heterocycles. The number of alkyl halides is 3. The molecule has 3 aromatic rings. The van der Waals surface area contributed by atoms with E-state index in [2.05, 4.69) is 15.4 Å². The molecule has 41 heavy (non-hydrogen) atoms. The van der Waals surface area contributed by atoms with Crippen molar-refractivity contribution in [3.05, 3.63) is 69.7 Å². The van der Waals surface area contributed by atoms with E-state index < -0.39 is 17.7 Å². The van der Waals surface area contributed by atoms with Crippen molar-refractivity contribution in [1.82, 2.24) is 15.2 Å². The summed E-state index contributed by atoms with van der Waals surface area (Å²) in [5.41, 5.74) is 3.01. The first-order valence-corrected chi connectivity index (χ1v) is 14.0. The fourth-order valence-corrected chi connectivity index (χ4v) is 5.29. The molecule has 0 amide bonds. The number of hydrogen-bond donors (Lipinski definition) is 1. The summed E-state index contributed by atoms with van der Waals surface area (Å²) >= 11 is 1.40. The van der Waals surface area contributed by atoms with Crippen molar-refractivity contribution in [1.29, 1.82) is 0 Å². The summed E-state index contributed by atoms with van der Waals surface area (Å²) in [6, 6.07) is 10.6. The summed E-state index contributed by atoms with van der Waals surface area (Å²) in [6.45, 7) is 10.6. The number of aryl methyl sites for hydroxylation is 1. The number of ether oxygens (including phenoxy) is 2. The maximum absolute atomic E-state index is 13.1. The van der Waals surface area contributed by atoms with Gasteiger partial charge in [-0.25, -0.2) is 9.78 Å². The molecule has 0 saturated carbocycles. The number of benzene rings is 2. The highest BCUT2D eigenvalue weighted by molar-refractivity contribution is 7.15. The molecule has 0 unspecified atom stereocenters. The van der Waals surface area contributed by atoms with Crippen LogP contribution >= 0.6 is 11.3 Å².